The van der Waals surface area contributed by atoms with Crippen molar-refractivity contribution in [2.24, 2.45) is 0 Å². The van der Waals surface area contributed by atoms with E-state index in [1.54, 1.807) is 18.5 Å². The molecule has 0 aliphatic rings. The highest BCUT2D eigenvalue weighted by Crippen LogP contribution is 2.05. The Hall–Kier alpha value is -1.97. The Kier molecular flexibility index (Phi) is 3.65. The first-order valence-corrected chi connectivity index (χ1v) is 5.51. The molecule has 0 saturated carbocycles. The van der Waals surface area contributed by atoms with Crippen LogP contribution in [0.5, 0.6) is 0 Å². The van der Waals surface area contributed by atoms with Crippen LogP contribution in [-0.4, -0.2) is 16.5 Å². The summed E-state index contributed by atoms with van der Waals surface area (Å²) in [6, 6.07) is 6.60. The van der Waals surface area contributed by atoms with Crippen molar-refractivity contribution in [1.82, 2.24) is 9.97 Å². The van der Waals surface area contributed by atoms with Gasteiger partial charge in [0, 0.05) is 18.9 Å². The largest absolute Gasteiger partial charge is 0.354 e. The van der Waals surface area contributed by atoms with Crippen LogP contribution in [0.15, 0.2) is 36.7 Å². The Morgan fingerprint density at radius 3 is 2.71 bits per heavy atom. The van der Waals surface area contributed by atoms with Crippen LogP contribution in [0.2, 0.25) is 0 Å². The highest BCUT2D eigenvalue weighted by Gasteiger charge is 1.97. The molecule has 0 aliphatic carbocycles. The van der Waals surface area contributed by atoms with Gasteiger partial charge in [0.15, 0.2) is 0 Å². The van der Waals surface area contributed by atoms with Crippen molar-refractivity contribution in [1.29, 1.82) is 0 Å². The number of hydrogen-bond acceptors (Lipinski definition) is 3. The van der Waals surface area contributed by atoms with Gasteiger partial charge in [-0.1, -0.05) is 12.1 Å². The molecule has 0 fully saturated rings. The molecule has 4 heteroatoms. The summed E-state index contributed by atoms with van der Waals surface area (Å²) in [5, 5.41) is 3.10. The zero-order valence-electron chi connectivity index (χ0n) is 9.65. The van der Waals surface area contributed by atoms with Gasteiger partial charge in [-0.2, -0.15) is 0 Å². The van der Waals surface area contributed by atoms with E-state index in [0.717, 1.165) is 17.5 Å². The maximum Gasteiger partial charge on any atom is 0.222 e. The number of benzene rings is 1. The summed E-state index contributed by atoms with van der Waals surface area (Å²) in [6.45, 7) is 2.63. The standard InChI is InChI=1S/C13H14FN3/c1-10-8-16-13(17-9-10)15-6-5-11-3-2-4-12(14)7-11/h2-4,7-9H,5-6H2,1H3,(H,15,16,17). The molecule has 0 spiro atoms. The zero-order valence-corrected chi connectivity index (χ0v) is 9.65. The van der Waals surface area contributed by atoms with Crippen LogP contribution < -0.4 is 5.32 Å². The molecule has 1 N–H and O–H groups in total. The Bertz CT molecular complexity index is 482. The van der Waals surface area contributed by atoms with Crippen LogP contribution in [0.25, 0.3) is 0 Å². The third-order valence-corrected chi connectivity index (χ3v) is 2.37. The number of hydrogen-bond donors (Lipinski definition) is 1. The number of halogens is 1. The molecule has 1 heterocycles. The van der Waals surface area contributed by atoms with E-state index in [1.165, 1.54) is 12.1 Å². The van der Waals surface area contributed by atoms with E-state index in [4.69, 9.17) is 0 Å². The maximum atomic E-state index is 12.9. The molecular formula is C13H14FN3. The van der Waals surface area contributed by atoms with Crippen LogP contribution >= 0.6 is 0 Å². The van der Waals surface area contributed by atoms with Crippen LogP contribution in [0.1, 0.15) is 11.1 Å². The number of aromatic nitrogens is 2. The Labute approximate surface area is 99.7 Å². The van der Waals surface area contributed by atoms with Crippen molar-refractivity contribution in [2.45, 2.75) is 13.3 Å². The summed E-state index contributed by atoms with van der Waals surface area (Å²) in [5.74, 6) is 0.404. The first-order valence-electron chi connectivity index (χ1n) is 5.51. The van der Waals surface area contributed by atoms with E-state index < -0.39 is 0 Å². The fraction of sp³-hybridized carbons (Fsp3) is 0.231. The molecule has 2 rings (SSSR count). The molecule has 0 aliphatic heterocycles. The molecule has 0 bridgehead atoms. The highest BCUT2D eigenvalue weighted by molar-refractivity contribution is 5.25. The molecule has 2 aromatic rings. The van der Waals surface area contributed by atoms with Crippen LogP contribution in [-0.2, 0) is 6.42 Å². The Balaban J connectivity index is 1.85. The van der Waals surface area contributed by atoms with Crippen molar-refractivity contribution in [3.05, 3.63) is 53.6 Å². The van der Waals surface area contributed by atoms with Crippen LogP contribution in [0, 0.1) is 12.7 Å². The lowest BCUT2D eigenvalue weighted by molar-refractivity contribution is 0.625. The number of anilines is 1. The molecule has 0 amide bonds. The Morgan fingerprint density at radius 1 is 1.24 bits per heavy atom. The molecule has 1 aromatic carbocycles. The minimum Gasteiger partial charge on any atom is -0.354 e. The summed E-state index contributed by atoms with van der Waals surface area (Å²) in [5.41, 5.74) is 1.99. The Morgan fingerprint density at radius 2 is 2.00 bits per heavy atom. The summed E-state index contributed by atoms with van der Waals surface area (Å²) in [6.07, 6.45) is 4.27. The topological polar surface area (TPSA) is 37.8 Å². The monoisotopic (exact) mass is 231 g/mol. The third-order valence-electron chi connectivity index (χ3n) is 2.37. The maximum absolute atomic E-state index is 12.9. The van der Waals surface area contributed by atoms with Gasteiger partial charge in [-0.25, -0.2) is 14.4 Å². The first-order chi connectivity index (χ1) is 8.24. The van der Waals surface area contributed by atoms with E-state index in [2.05, 4.69) is 15.3 Å². The van der Waals surface area contributed by atoms with Crippen molar-refractivity contribution >= 4 is 5.95 Å². The van der Waals surface area contributed by atoms with E-state index in [-0.39, 0.29) is 5.82 Å². The normalized spacial score (nSPS) is 10.2. The minimum absolute atomic E-state index is 0.200. The van der Waals surface area contributed by atoms with Crippen molar-refractivity contribution in [3.8, 4) is 0 Å². The number of aryl methyl sites for hydroxylation is 1. The molecule has 0 unspecified atom stereocenters. The predicted octanol–water partition coefficient (Wildman–Crippen LogP) is 2.58. The minimum atomic E-state index is -0.200. The summed E-state index contributed by atoms with van der Waals surface area (Å²) >= 11 is 0. The smallest absolute Gasteiger partial charge is 0.222 e. The molecule has 0 radical (unpaired) electrons. The van der Waals surface area contributed by atoms with E-state index >= 15 is 0 Å². The van der Waals surface area contributed by atoms with Gasteiger partial charge in [0.1, 0.15) is 5.82 Å². The SMILES string of the molecule is Cc1cnc(NCCc2cccc(F)c2)nc1. The average Bonchev–Trinajstić information content (AvgIpc) is 2.32. The lowest BCUT2D eigenvalue weighted by atomic mass is 10.1. The first kappa shape index (κ1) is 11.5. The average molecular weight is 231 g/mol. The van der Waals surface area contributed by atoms with Crippen LogP contribution in [0.4, 0.5) is 10.3 Å². The summed E-state index contributed by atoms with van der Waals surface area (Å²) < 4.78 is 12.9. The fourth-order valence-electron chi connectivity index (χ4n) is 1.49. The van der Waals surface area contributed by atoms with Crippen LogP contribution in [0.3, 0.4) is 0 Å². The number of nitrogens with zero attached hydrogens (tertiary/aromatic N) is 2. The second-order valence-electron chi connectivity index (χ2n) is 3.89. The third kappa shape index (κ3) is 3.52. The van der Waals surface area contributed by atoms with Crippen molar-refractivity contribution < 1.29 is 4.39 Å². The molecule has 0 atom stereocenters. The predicted molar refractivity (Wildman–Crippen MR) is 65.4 cm³/mol. The van der Waals surface area contributed by atoms with Gasteiger partial charge in [-0.05, 0) is 36.6 Å². The lowest BCUT2D eigenvalue weighted by Crippen LogP contribution is -2.07. The van der Waals surface area contributed by atoms with Gasteiger partial charge >= 0.3 is 0 Å². The van der Waals surface area contributed by atoms with Gasteiger partial charge in [0.05, 0.1) is 0 Å². The van der Waals surface area contributed by atoms with E-state index in [0.29, 0.717) is 12.5 Å². The molecular weight excluding hydrogens is 217 g/mol. The fourth-order valence-corrected chi connectivity index (χ4v) is 1.49. The second-order valence-corrected chi connectivity index (χ2v) is 3.89. The van der Waals surface area contributed by atoms with Gasteiger partial charge < -0.3 is 5.32 Å². The number of rotatable bonds is 4. The molecule has 88 valence electrons. The van der Waals surface area contributed by atoms with Crippen molar-refractivity contribution in [3.63, 3.8) is 0 Å². The highest BCUT2D eigenvalue weighted by atomic mass is 19.1. The van der Waals surface area contributed by atoms with E-state index in [9.17, 15) is 4.39 Å². The summed E-state index contributed by atoms with van der Waals surface area (Å²) in [7, 11) is 0. The molecule has 0 saturated heterocycles. The molecule has 1 aromatic heterocycles. The van der Waals surface area contributed by atoms with Gasteiger partial charge in [-0.15, -0.1) is 0 Å². The van der Waals surface area contributed by atoms with Gasteiger partial charge in [0.25, 0.3) is 0 Å². The molecule has 3 nitrogen and oxygen atoms in total. The van der Waals surface area contributed by atoms with Gasteiger partial charge in [-0.3, -0.25) is 0 Å². The second kappa shape index (κ2) is 5.39. The molecule has 17 heavy (non-hydrogen) atoms. The number of nitrogens with one attached hydrogen (secondary N) is 1. The quantitative estimate of drug-likeness (QED) is 0.878. The summed E-state index contributed by atoms with van der Waals surface area (Å²) in [4.78, 5) is 8.26. The lowest BCUT2D eigenvalue weighted by Gasteiger charge is -2.04. The van der Waals surface area contributed by atoms with Gasteiger partial charge in [0.2, 0.25) is 5.95 Å². The zero-order chi connectivity index (χ0) is 12.1. The van der Waals surface area contributed by atoms with Crippen molar-refractivity contribution in [2.75, 3.05) is 11.9 Å². The van der Waals surface area contributed by atoms with E-state index in [1.807, 2.05) is 13.0 Å².